The monoisotopic (exact) mass is 169 g/mol. The Morgan fingerprint density at radius 2 is 2.33 bits per heavy atom. The number of hydrogen-bond acceptors (Lipinski definition) is 4. The van der Waals surface area contributed by atoms with Crippen molar-refractivity contribution in [1.82, 2.24) is 5.01 Å². The van der Waals surface area contributed by atoms with Crippen LogP contribution in [0.2, 0.25) is 0 Å². The quantitative estimate of drug-likeness (QED) is 0.508. The molecule has 0 aromatic carbocycles. The minimum atomic E-state index is -0.351. The number of fused-ring (bicyclic) bond motifs is 1. The number of aliphatic hydroxyl groups is 1. The zero-order valence-corrected chi connectivity index (χ0v) is 7.22. The normalized spacial score (nSPS) is 46.4. The molecule has 3 N–H and O–H groups in total. The van der Waals surface area contributed by atoms with Crippen LogP contribution in [0.1, 0.15) is 12.8 Å². The van der Waals surface area contributed by atoms with E-state index in [9.17, 15) is 5.11 Å². The molecule has 1 saturated carbocycles. The Bertz CT molecular complexity index is 206. The largest absolute Gasteiger partial charge is 0.391 e. The van der Waals surface area contributed by atoms with Gasteiger partial charge in [0.05, 0.1) is 18.2 Å². The van der Waals surface area contributed by atoms with Crippen LogP contribution in [0.25, 0.3) is 0 Å². The predicted octanol–water partition coefficient (Wildman–Crippen LogP) is -0.616. The molecule has 1 fully saturated rings. The SMILES string of the molecule is CN1N=CC2CCC(O)C(N)C21. The molecule has 0 amide bonds. The summed E-state index contributed by atoms with van der Waals surface area (Å²) in [6.07, 6.45) is 3.42. The van der Waals surface area contributed by atoms with Gasteiger partial charge in [0, 0.05) is 19.2 Å². The van der Waals surface area contributed by atoms with Gasteiger partial charge in [0.2, 0.25) is 0 Å². The van der Waals surface area contributed by atoms with Gasteiger partial charge in [0.1, 0.15) is 0 Å². The fourth-order valence-electron chi connectivity index (χ4n) is 2.20. The van der Waals surface area contributed by atoms with Crippen LogP contribution in [-0.2, 0) is 0 Å². The van der Waals surface area contributed by atoms with E-state index in [2.05, 4.69) is 5.10 Å². The van der Waals surface area contributed by atoms with Gasteiger partial charge in [0.15, 0.2) is 0 Å². The number of nitrogens with two attached hydrogens (primary N) is 1. The van der Waals surface area contributed by atoms with Crippen LogP contribution in [0.15, 0.2) is 5.10 Å². The van der Waals surface area contributed by atoms with E-state index in [1.165, 1.54) is 0 Å². The highest BCUT2D eigenvalue weighted by Crippen LogP contribution is 2.29. The van der Waals surface area contributed by atoms with Crippen LogP contribution in [-0.4, -0.2) is 41.6 Å². The van der Waals surface area contributed by atoms with Gasteiger partial charge in [-0.3, -0.25) is 5.01 Å². The number of rotatable bonds is 0. The molecule has 4 unspecified atom stereocenters. The Hall–Kier alpha value is -0.610. The maximum atomic E-state index is 9.54. The lowest BCUT2D eigenvalue weighted by molar-refractivity contribution is 0.0465. The molecule has 0 saturated heterocycles. The zero-order valence-electron chi connectivity index (χ0n) is 7.22. The van der Waals surface area contributed by atoms with Gasteiger partial charge in [-0.25, -0.2) is 0 Å². The molecule has 68 valence electrons. The highest BCUT2D eigenvalue weighted by atomic mass is 16.3. The topological polar surface area (TPSA) is 61.8 Å². The van der Waals surface area contributed by atoms with Gasteiger partial charge in [-0.05, 0) is 12.8 Å². The summed E-state index contributed by atoms with van der Waals surface area (Å²) >= 11 is 0. The Kier molecular flexibility index (Phi) is 1.81. The molecule has 0 aromatic heterocycles. The Morgan fingerprint density at radius 1 is 1.58 bits per heavy atom. The Balaban J connectivity index is 2.15. The lowest BCUT2D eigenvalue weighted by Gasteiger charge is -2.37. The summed E-state index contributed by atoms with van der Waals surface area (Å²) in [5.41, 5.74) is 5.88. The van der Waals surface area contributed by atoms with E-state index in [0.29, 0.717) is 5.92 Å². The average Bonchev–Trinajstić information content (AvgIpc) is 2.41. The predicted molar refractivity (Wildman–Crippen MR) is 46.7 cm³/mol. The van der Waals surface area contributed by atoms with E-state index in [1.54, 1.807) is 0 Å². The van der Waals surface area contributed by atoms with E-state index >= 15 is 0 Å². The summed E-state index contributed by atoms with van der Waals surface area (Å²) in [6.45, 7) is 0. The Morgan fingerprint density at radius 3 is 3.08 bits per heavy atom. The third-order valence-electron chi connectivity index (χ3n) is 2.94. The van der Waals surface area contributed by atoms with E-state index in [0.717, 1.165) is 12.8 Å². The van der Waals surface area contributed by atoms with Gasteiger partial charge in [-0.15, -0.1) is 0 Å². The molecule has 4 nitrogen and oxygen atoms in total. The molecule has 4 heteroatoms. The van der Waals surface area contributed by atoms with Crippen molar-refractivity contribution in [3.63, 3.8) is 0 Å². The van der Waals surface area contributed by atoms with Crippen molar-refractivity contribution in [2.45, 2.75) is 31.0 Å². The third kappa shape index (κ3) is 1.03. The Labute approximate surface area is 72.0 Å². The summed E-state index contributed by atoms with van der Waals surface area (Å²) in [5.74, 6) is 0.452. The molecular weight excluding hydrogens is 154 g/mol. The molecule has 1 aliphatic heterocycles. The maximum absolute atomic E-state index is 9.54. The molecular formula is C8H15N3O. The van der Waals surface area contributed by atoms with Crippen molar-refractivity contribution in [2.75, 3.05) is 7.05 Å². The van der Waals surface area contributed by atoms with Crippen LogP contribution in [0, 0.1) is 5.92 Å². The highest BCUT2D eigenvalue weighted by Gasteiger charge is 2.40. The second-order valence-electron chi connectivity index (χ2n) is 3.71. The first-order valence-electron chi connectivity index (χ1n) is 4.40. The van der Waals surface area contributed by atoms with Gasteiger partial charge >= 0.3 is 0 Å². The molecule has 1 heterocycles. The summed E-state index contributed by atoms with van der Waals surface area (Å²) in [4.78, 5) is 0. The minimum Gasteiger partial charge on any atom is -0.391 e. The van der Waals surface area contributed by atoms with Crippen molar-refractivity contribution in [1.29, 1.82) is 0 Å². The molecule has 0 spiro atoms. The van der Waals surface area contributed by atoms with Crippen molar-refractivity contribution in [2.24, 2.45) is 16.8 Å². The van der Waals surface area contributed by atoms with Crippen LogP contribution in [0.5, 0.6) is 0 Å². The molecule has 0 radical (unpaired) electrons. The minimum absolute atomic E-state index is 0.142. The molecule has 2 aliphatic rings. The standard InChI is InChI=1S/C8H15N3O/c1-11-8-5(4-10-11)2-3-6(12)7(8)9/h4-8,12H,2-3,9H2,1H3. The molecule has 0 bridgehead atoms. The fourth-order valence-corrected chi connectivity index (χ4v) is 2.20. The lowest BCUT2D eigenvalue weighted by Crippen LogP contribution is -2.55. The first-order valence-corrected chi connectivity index (χ1v) is 4.40. The maximum Gasteiger partial charge on any atom is 0.0721 e. The van der Waals surface area contributed by atoms with Crippen LogP contribution in [0.4, 0.5) is 0 Å². The fraction of sp³-hybridized carbons (Fsp3) is 0.875. The van der Waals surface area contributed by atoms with Crippen molar-refractivity contribution in [3.8, 4) is 0 Å². The van der Waals surface area contributed by atoms with E-state index in [-0.39, 0.29) is 18.2 Å². The van der Waals surface area contributed by atoms with Crippen LogP contribution < -0.4 is 5.73 Å². The van der Waals surface area contributed by atoms with E-state index in [4.69, 9.17) is 5.73 Å². The summed E-state index contributed by atoms with van der Waals surface area (Å²) in [6, 6.07) is 0.0741. The average molecular weight is 169 g/mol. The van der Waals surface area contributed by atoms with Gasteiger partial charge in [-0.2, -0.15) is 5.10 Å². The first-order chi connectivity index (χ1) is 5.70. The van der Waals surface area contributed by atoms with Crippen molar-refractivity contribution >= 4 is 6.21 Å². The molecule has 12 heavy (non-hydrogen) atoms. The summed E-state index contributed by atoms with van der Waals surface area (Å²) in [5, 5.41) is 15.6. The van der Waals surface area contributed by atoms with Gasteiger partial charge in [0.25, 0.3) is 0 Å². The highest BCUT2D eigenvalue weighted by molar-refractivity contribution is 5.64. The number of likely N-dealkylation sites (N-methyl/N-ethyl adjacent to an activating group) is 1. The van der Waals surface area contributed by atoms with E-state index in [1.807, 2.05) is 18.3 Å². The van der Waals surface area contributed by atoms with E-state index < -0.39 is 0 Å². The number of nitrogens with zero attached hydrogens (tertiary/aromatic N) is 2. The zero-order chi connectivity index (χ0) is 8.72. The van der Waals surface area contributed by atoms with Gasteiger partial charge < -0.3 is 10.8 Å². The smallest absolute Gasteiger partial charge is 0.0721 e. The third-order valence-corrected chi connectivity index (χ3v) is 2.94. The second-order valence-corrected chi connectivity index (χ2v) is 3.71. The number of hydrazone groups is 1. The summed E-state index contributed by atoms with van der Waals surface area (Å²) < 4.78 is 0. The first kappa shape index (κ1) is 8.01. The second kappa shape index (κ2) is 2.71. The molecule has 2 rings (SSSR count). The van der Waals surface area contributed by atoms with Crippen molar-refractivity contribution in [3.05, 3.63) is 0 Å². The molecule has 4 atom stereocenters. The number of aliphatic hydroxyl groups excluding tert-OH is 1. The summed E-state index contributed by atoms with van der Waals surface area (Å²) in [7, 11) is 1.92. The lowest BCUT2D eigenvalue weighted by atomic mass is 9.81. The number of hydrogen-bond donors (Lipinski definition) is 2. The molecule has 0 aromatic rings. The van der Waals surface area contributed by atoms with Crippen molar-refractivity contribution < 1.29 is 5.11 Å². The molecule has 1 aliphatic carbocycles. The van der Waals surface area contributed by atoms with Crippen LogP contribution in [0.3, 0.4) is 0 Å². The van der Waals surface area contributed by atoms with Gasteiger partial charge in [-0.1, -0.05) is 0 Å². The van der Waals surface area contributed by atoms with Crippen LogP contribution >= 0.6 is 0 Å².